The Hall–Kier alpha value is -1.66. The Balaban J connectivity index is 2.23. The van der Waals surface area contributed by atoms with Gasteiger partial charge in [-0.15, -0.1) is 0 Å². The monoisotopic (exact) mass is 257 g/mol. The second kappa shape index (κ2) is 5.99. The van der Waals surface area contributed by atoms with E-state index in [2.05, 4.69) is 6.07 Å². The second-order valence-electron chi connectivity index (χ2n) is 5.09. The van der Waals surface area contributed by atoms with E-state index in [0.717, 1.165) is 24.0 Å². The Kier molecular flexibility index (Phi) is 4.34. The van der Waals surface area contributed by atoms with Gasteiger partial charge in [-0.1, -0.05) is 36.8 Å². The summed E-state index contributed by atoms with van der Waals surface area (Å²) in [6.45, 7) is 4.61. The summed E-state index contributed by atoms with van der Waals surface area (Å²) in [6, 6.07) is 9.80. The van der Waals surface area contributed by atoms with E-state index in [4.69, 9.17) is 4.74 Å². The van der Waals surface area contributed by atoms with Gasteiger partial charge in [0.05, 0.1) is 12.2 Å². The quantitative estimate of drug-likeness (QED) is 0.833. The van der Waals surface area contributed by atoms with Crippen molar-refractivity contribution in [3.05, 3.63) is 35.4 Å². The molecule has 1 aromatic carbocycles. The maximum Gasteiger partial charge on any atom is 0.160 e. The van der Waals surface area contributed by atoms with Gasteiger partial charge in [0.1, 0.15) is 5.92 Å². The summed E-state index contributed by atoms with van der Waals surface area (Å²) in [5.74, 6) is -0.784. The first-order valence-corrected chi connectivity index (χ1v) is 6.79. The molecule has 1 saturated heterocycles. The van der Waals surface area contributed by atoms with Crippen molar-refractivity contribution >= 4 is 5.78 Å². The lowest BCUT2D eigenvalue weighted by molar-refractivity contribution is -0.124. The van der Waals surface area contributed by atoms with E-state index in [0.29, 0.717) is 6.61 Å². The van der Waals surface area contributed by atoms with Crippen molar-refractivity contribution in [2.75, 3.05) is 6.61 Å². The van der Waals surface area contributed by atoms with Gasteiger partial charge in [0.2, 0.25) is 0 Å². The van der Waals surface area contributed by atoms with Crippen LogP contribution in [0.1, 0.15) is 36.8 Å². The van der Waals surface area contributed by atoms with Crippen LogP contribution in [0.25, 0.3) is 0 Å². The predicted octanol–water partition coefficient (Wildman–Crippen LogP) is 2.99. The van der Waals surface area contributed by atoms with Crippen LogP contribution in [0.4, 0.5) is 0 Å². The van der Waals surface area contributed by atoms with Crippen LogP contribution in [0, 0.1) is 24.2 Å². The van der Waals surface area contributed by atoms with E-state index in [1.165, 1.54) is 0 Å². The molecular formula is C16H19NO2. The van der Waals surface area contributed by atoms with Gasteiger partial charge >= 0.3 is 0 Å². The number of ether oxygens (including phenoxy) is 1. The van der Waals surface area contributed by atoms with Crippen LogP contribution >= 0.6 is 0 Å². The first kappa shape index (κ1) is 13.8. The molecule has 0 radical (unpaired) electrons. The van der Waals surface area contributed by atoms with Crippen molar-refractivity contribution in [2.24, 2.45) is 5.92 Å². The van der Waals surface area contributed by atoms with E-state index in [9.17, 15) is 10.1 Å². The number of carbonyl (C=O) groups excluding carboxylic acids is 1. The maximum absolute atomic E-state index is 12.6. The highest BCUT2D eigenvalue weighted by Gasteiger charge is 2.37. The zero-order valence-electron chi connectivity index (χ0n) is 11.4. The molecule has 0 aromatic heterocycles. The molecule has 19 heavy (non-hydrogen) atoms. The third-order valence-electron chi connectivity index (χ3n) is 3.77. The molecule has 0 bridgehead atoms. The number of hydrogen-bond acceptors (Lipinski definition) is 3. The summed E-state index contributed by atoms with van der Waals surface area (Å²) in [4.78, 5) is 12.6. The molecule has 0 N–H and O–H groups in total. The number of aryl methyl sites for hydroxylation is 1. The van der Waals surface area contributed by atoms with Crippen LogP contribution in [0.3, 0.4) is 0 Å². The minimum atomic E-state index is -0.666. The van der Waals surface area contributed by atoms with Crippen molar-refractivity contribution in [2.45, 2.75) is 38.7 Å². The molecule has 0 aliphatic carbocycles. The standard InChI is InChI=1S/C16H19NO2/c1-3-15-13(7-8-19-15)16(18)14(10-17)12-6-4-5-11(2)9-12/h4-6,9,13-15H,3,7-8H2,1-2H3. The lowest BCUT2D eigenvalue weighted by Crippen LogP contribution is -2.28. The van der Waals surface area contributed by atoms with Gasteiger partial charge in [-0.05, 0) is 25.3 Å². The van der Waals surface area contributed by atoms with Crippen molar-refractivity contribution in [3.8, 4) is 6.07 Å². The normalized spacial score (nSPS) is 23.8. The van der Waals surface area contributed by atoms with E-state index in [-0.39, 0.29) is 17.8 Å². The van der Waals surface area contributed by atoms with Crippen LogP contribution in [0.2, 0.25) is 0 Å². The molecule has 100 valence electrons. The molecule has 3 nitrogen and oxygen atoms in total. The molecule has 1 fully saturated rings. The molecule has 0 amide bonds. The Morgan fingerprint density at radius 3 is 3.00 bits per heavy atom. The third-order valence-corrected chi connectivity index (χ3v) is 3.77. The highest BCUT2D eigenvalue weighted by atomic mass is 16.5. The topological polar surface area (TPSA) is 50.1 Å². The van der Waals surface area contributed by atoms with Gasteiger partial charge in [0, 0.05) is 12.5 Å². The smallest absolute Gasteiger partial charge is 0.160 e. The fraction of sp³-hybridized carbons (Fsp3) is 0.500. The van der Waals surface area contributed by atoms with Crippen LogP contribution < -0.4 is 0 Å². The van der Waals surface area contributed by atoms with Crippen molar-refractivity contribution < 1.29 is 9.53 Å². The van der Waals surface area contributed by atoms with Crippen molar-refractivity contribution in [1.29, 1.82) is 5.26 Å². The third kappa shape index (κ3) is 2.85. The molecule has 0 spiro atoms. The van der Waals surface area contributed by atoms with E-state index in [1.807, 2.05) is 38.1 Å². The summed E-state index contributed by atoms with van der Waals surface area (Å²) in [7, 11) is 0. The summed E-state index contributed by atoms with van der Waals surface area (Å²) < 4.78 is 5.56. The average molecular weight is 257 g/mol. The zero-order chi connectivity index (χ0) is 13.8. The lowest BCUT2D eigenvalue weighted by atomic mass is 9.84. The lowest BCUT2D eigenvalue weighted by Gasteiger charge is -2.18. The number of rotatable bonds is 4. The molecule has 2 rings (SSSR count). The van der Waals surface area contributed by atoms with Crippen molar-refractivity contribution in [1.82, 2.24) is 0 Å². The molecule has 3 heteroatoms. The highest BCUT2D eigenvalue weighted by Crippen LogP contribution is 2.30. The van der Waals surface area contributed by atoms with Crippen LogP contribution in [-0.2, 0) is 9.53 Å². The van der Waals surface area contributed by atoms with Crippen molar-refractivity contribution in [3.63, 3.8) is 0 Å². The minimum Gasteiger partial charge on any atom is -0.377 e. The van der Waals surface area contributed by atoms with Gasteiger partial charge < -0.3 is 4.74 Å². The number of ketones is 1. The molecule has 1 heterocycles. The first-order valence-electron chi connectivity index (χ1n) is 6.79. The number of Topliss-reactive ketones (excluding diaryl/α,β-unsaturated/α-hetero) is 1. The Morgan fingerprint density at radius 2 is 2.37 bits per heavy atom. The number of benzene rings is 1. The number of nitrogens with zero attached hydrogens (tertiary/aromatic N) is 1. The summed E-state index contributed by atoms with van der Waals surface area (Å²) in [6.07, 6.45) is 1.54. The molecule has 1 aliphatic rings. The van der Waals surface area contributed by atoms with E-state index >= 15 is 0 Å². The first-order chi connectivity index (χ1) is 9.17. The summed E-state index contributed by atoms with van der Waals surface area (Å²) in [5.41, 5.74) is 1.87. The molecule has 1 aliphatic heterocycles. The molecule has 3 atom stereocenters. The van der Waals surface area contributed by atoms with Gasteiger partial charge in [-0.25, -0.2) is 0 Å². The second-order valence-corrected chi connectivity index (χ2v) is 5.09. The van der Waals surface area contributed by atoms with Gasteiger partial charge in [0.15, 0.2) is 5.78 Å². The number of hydrogen-bond donors (Lipinski definition) is 0. The molecule has 3 unspecified atom stereocenters. The average Bonchev–Trinajstić information content (AvgIpc) is 2.87. The summed E-state index contributed by atoms with van der Waals surface area (Å²) in [5, 5.41) is 9.35. The fourth-order valence-electron chi connectivity index (χ4n) is 2.74. The molecule has 1 aromatic rings. The fourth-order valence-corrected chi connectivity index (χ4v) is 2.74. The van der Waals surface area contributed by atoms with Gasteiger partial charge in [-0.2, -0.15) is 5.26 Å². The van der Waals surface area contributed by atoms with E-state index in [1.54, 1.807) is 0 Å². The SMILES string of the molecule is CCC1OCCC1C(=O)C(C#N)c1cccc(C)c1. The van der Waals surface area contributed by atoms with Crippen LogP contribution in [-0.4, -0.2) is 18.5 Å². The van der Waals surface area contributed by atoms with Gasteiger partial charge in [-0.3, -0.25) is 4.79 Å². The highest BCUT2D eigenvalue weighted by molar-refractivity contribution is 5.91. The Morgan fingerprint density at radius 1 is 1.58 bits per heavy atom. The minimum absolute atomic E-state index is 0.0115. The summed E-state index contributed by atoms with van der Waals surface area (Å²) >= 11 is 0. The van der Waals surface area contributed by atoms with Gasteiger partial charge in [0.25, 0.3) is 0 Å². The van der Waals surface area contributed by atoms with Crippen LogP contribution in [0.5, 0.6) is 0 Å². The Labute approximate surface area is 114 Å². The number of carbonyl (C=O) groups is 1. The Bertz CT molecular complexity index is 504. The predicted molar refractivity (Wildman–Crippen MR) is 72.7 cm³/mol. The molecule has 0 saturated carbocycles. The largest absolute Gasteiger partial charge is 0.377 e. The van der Waals surface area contributed by atoms with E-state index < -0.39 is 5.92 Å². The zero-order valence-corrected chi connectivity index (χ0v) is 11.4. The number of nitriles is 1. The molecular weight excluding hydrogens is 238 g/mol. The maximum atomic E-state index is 12.6. The van der Waals surface area contributed by atoms with Crippen LogP contribution in [0.15, 0.2) is 24.3 Å².